The summed E-state index contributed by atoms with van der Waals surface area (Å²) in [4.78, 5) is 22.7. The monoisotopic (exact) mass is 382 g/mol. The minimum atomic E-state index is -0.540. The highest BCUT2D eigenvalue weighted by atomic mass is 16.6. The molecule has 28 heavy (non-hydrogen) atoms. The van der Waals surface area contributed by atoms with Crippen molar-refractivity contribution in [3.63, 3.8) is 0 Å². The molecular formula is C20H18N2O6. The van der Waals surface area contributed by atoms with Crippen molar-refractivity contribution in [2.24, 2.45) is 0 Å². The Kier molecular flexibility index (Phi) is 5.59. The summed E-state index contributed by atoms with van der Waals surface area (Å²) >= 11 is 0. The number of nitrogens with one attached hydrogen (secondary N) is 1. The van der Waals surface area contributed by atoms with Crippen molar-refractivity contribution in [3.05, 3.63) is 81.8 Å². The van der Waals surface area contributed by atoms with E-state index in [2.05, 4.69) is 5.32 Å². The molecule has 1 aromatic heterocycles. The second kappa shape index (κ2) is 8.26. The third kappa shape index (κ3) is 4.29. The predicted molar refractivity (Wildman–Crippen MR) is 102 cm³/mol. The predicted octanol–water partition coefficient (Wildman–Crippen LogP) is 4.34. The number of amides is 1. The molecule has 0 aliphatic carbocycles. The zero-order valence-electron chi connectivity index (χ0n) is 15.3. The Morgan fingerprint density at radius 3 is 2.64 bits per heavy atom. The molecule has 1 N–H and O–H groups in total. The van der Waals surface area contributed by atoms with Gasteiger partial charge in [-0.05, 0) is 36.8 Å². The minimum absolute atomic E-state index is 0.0868. The number of carbonyl (C=O) groups is 1. The van der Waals surface area contributed by atoms with Crippen molar-refractivity contribution < 1.29 is 23.6 Å². The summed E-state index contributed by atoms with van der Waals surface area (Å²) in [6.07, 6.45) is 0. The zero-order chi connectivity index (χ0) is 20.1. The van der Waals surface area contributed by atoms with Crippen LogP contribution in [-0.4, -0.2) is 17.9 Å². The number of anilines is 1. The van der Waals surface area contributed by atoms with Gasteiger partial charge in [0.25, 0.3) is 11.6 Å². The number of ether oxygens (including phenoxy) is 2. The Labute approximate surface area is 160 Å². The lowest BCUT2D eigenvalue weighted by molar-refractivity contribution is -0.384. The molecule has 0 saturated heterocycles. The van der Waals surface area contributed by atoms with Gasteiger partial charge < -0.3 is 19.2 Å². The Morgan fingerprint density at radius 1 is 1.14 bits per heavy atom. The summed E-state index contributed by atoms with van der Waals surface area (Å²) in [7, 11) is 1.36. The van der Waals surface area contributed by atoms with Gasteiger partial charge in [-0.1, -0.05) is 18.2 Å². The van der Waals surface area contributed by atoms with Crippen molar-refractivity contribution in [2.75, 3.05) is 12.4 Å². The molecule has 0 atom stereocenters. The molecule has 8 nitrogen and oxygen atoms in total. The van der Waals surface area contributed by atoms with Gasteiger partial charge in [0.2, 0.25) is 0 Å². The first kappa shape index (κ1) is 19.0. The highest BCUT2D eigenvalue weighted by Gasteiger charge is 2.17. The standard InChI is InChI=1S/C20H18N2O6/c1-13-5-3-4-6-17(13)27-12-15-8-10-18(28-15)20(23)21-16-9-7-14(22(24)25)11-19(16)26-2/h3-11H,12H2,1-2H3,(H,21,23). The average molecular weight is 382 g/mol. The summed E-state index contributed by atoms with van der Waals surface area (Å²) in [6.45, 7) is 2.12. The van der Waals surface area contributed by atoms with Gasteiger partial charge in [-0.2, -0.15) is 0 Å². The lowest BCUT2D eigenvalue weighted by Crippen LogP contribution is -2.12. The van der Waals surface area contributed by atoms with Crippen LogP contribution in [0.2, 0.25) is 0 Å². The number of para-hydroxylation sites is 1. The molecule has 3 rings (SSSR count). The minimum Gasteiger partial charge on any atom is -0.494 e. The summed E-state index contributed by atoms with van der Waals surface area (Å²) in [5, 5.41) is 13.5. The van der Waals surface area contributed by atoms with E-state index in [0.717, 1.165) is 11.3 Å². The summed E-state index contributed by atoms with van der Waals surface area (Å²) < 4.78 is 16.3. The number of nitro benzene ring substituents is 1. The van der Waals surface area contributed by atoms with E-state index in [4.69, 9.17) is 13.9 Å². The van der Waals surface area contributed by atoms with Crippen LogP contribution < -0.4 is 14.8 Å². The van der Waals surface area contributed by atoms with Gasteiger partial charge in [-0.25, -0.2) is 0 Å². The highest BCUT2D eigenvalue weighted by Crippen LogP contribution is 2.29. The Morgan fingerprint density at radius 2 is 1.93 bits per heavy atom. The molecule has 0 radical (unpaired) electrons. The van der Waals surface area contributed by atoms with Crippen molar-refractivity contribution in [1.29, 1.82) is 0 Å². The van der Waals surface area contributed by atoms with Crippen molar-refractivity contribution in [1.82, 2.24) is 0 Å². The van der Waals surface area contributed by atoms with Gasteiger partial charge in [0.15, 0.2) is 5.76 Å². The van der Waals surface area contributed by atoms with Crippen LogP contribution in [0, 0.1) is 17.0 Å². The molecule has 144 valence electrons. The van der Waals surface area contributed by atoms with E-state index in [-0.39, 0.29) is 23.8 Å². The van der Waals surface area contributed by atoms with Crippen LogP contribution in [0.1, 0.15) is 21.9 Å². The SMILES string of the molecule is COc1cc([N+](=O)[O-])ccc1NC(=O)c1ccc(COc2ccccc2C)o1. The number of furan rings is 1. The molecule has 3 aromatic rings. The fourth-order valence-corrected chi connectivity index (χ4v) is 2.53. The van der Waals surface area contributed by atoms with Crippen molar-refractivity contribution in [3.8, 4) is 11.5 Å². The van der Waals surface area contributed by atoms with E-state index in [9.17, 15) is 14.9 Å². The van der Waals surface area contributed by atoms with Gasteiger partial charge >= 0.3 is 0 Å². The molecule has 2 aromatic carbocycles. The normalized spacial score (nSPS) is 10.4. The summed E-state index contributed by atoms with van der Waals surface area (Å²) in [6, 6.07) is 14.7. The third-order valence-electron chi connectivity index (χ3n) is 3.99. The van der Waals surface area contributed by atoms with Crippen LogP contribution in [-0.2, 0) is 6.61 Å². The van der Waals surface area contributed by atoms with E-state index in [1.165, 1.54) is 31.4 Å². The molecule has 0 bridgehead atoms. The number of rotatable bonds is 7. The molecule has 0 unspecified atom stereocenters. The van der Waals surface area contributed by atoms with Crippen LogP contribution in [0.25, 0.3) is 0 Å². The molecule has 8 heteroatoms. The number of benzene rings is 2. The molecule has 0 aliphatic heterocycles. The largest absolute Gasteiger partial charge is 0.494 e. The smallest absolute Gasteiger partial charge is 0.291 e. The van der Waals surface area contributed by atoms with E-state index in [1.54, 1.807) is 6.07 Å². The first-order valence-electron chi connectivity index (χ1n) is 8.39. The van der Waals surface area contributed by atoms with Gasteiger partial charge in [0.05, 0.1) is 23.8 Å². The molecule has 0 fully saturated rings. The first-order valence-corrected chi connectivity index (χ1v) is 8.39. The maximum atomic E-state index is 12.4. The molecule has 1 amide bonds. The second-order valence-corrected chi connectivity index (χ2v) is 5.92. The van der Waals surface area contributed by atoms with Crippen LogP contribution in [0.15, 0.2) is 59.0 Å². The Hall–Kier alpha value is -3.81. The third-order valence-corrected chi connectivity index (χ3v) is 3.99. The number of hydrogen-bond donors (Lipinski definition) is 1. The average Bonchev–Trinajstić information content (AvgIpc) is 3.16. The number of nitro groups is 1. The van der Waals surface area contributed by atoms with Crippen molar-refractivity contribution in [2.45, 2.75) is 13.5 Å². The van der Waals surface area contributed by atoms with Crippen LogP contribution in [0.5, 0.6) is 11.5 Å². The second-order valence-electron chi connectivity index (χ2n) is 5.92. The number of hydrogen-bond acceptors (Lipinski definition) is 6. The lowest BCUT2D eigenvalue weighted by atomic mass is 10.2. The fraction of sp³-hybridized carbons (Fsp3) is 0.150. The van der Waals surface area contributed by atoms with Crippen LogP contribution >= 0.6 is 0 Å². The fourth-order valence-electron chi connectivity index (χ4n) is 2.53. The molecule has 1 heterocycles. The number of carbonyl (C=O) groups excluding carboxylic acids is 1. The summed E-state index contributed by atoms with van der Waals surface area (Å²) in [5.41, 5.74) is 1.16. The van der Waals surface area contributed by atoms with E-state index in [1.807, 2.05) is 31.2 Å². The molecule has 0 aliphatic rings. The number of nitrogens with zero attached hydrogens (tertiary/aromatic N) is 1. The quantitative estimate of drug-likeness (QED) is 0.482. The number of methoxy groups -OCH3 is 1. The van der Waals surface area contributed by atoms with E-state index < -0.39 is 10.8 Å². The molecular weight excluding hydrogens is 364 g/mol. The van der Waals surface area contributed by atoms with Crippen LogP contribution in [0.4, 0.5) is 11.4 Å². The highest BCUT2D eigenvalue weighted by molar-refractivity contribution is 6.03. The van der Waals surface area contributed by atoms with Crippen molar-refractivity contribution >= 4 is 17.3 Å². The lowest BCUT2D eigenvalue weighted by Gasteiger charge is -2.09. The number of non-ortho nitro benzene ring substituents is 1. The van der Waals surface area contributed by atoms with Gasteiger partial charge in [-0.3, -0.25) is 14.9 Å². The van der Waals surface area contributed by atoms with E-state index in [0.29, 0.717) is 11.4 Å². The number of aryl methyl sites for hydroxylation is 1. The Bertz CT molecular complexity index is 1010. The molecule has 0 saturated carbocycles. The summed E-state index contributed by atoms with van der Waals surface area (Å²) in [5.74, 6) is 0.986. The van der Waals surface area contributed by atoms with Gasteiger partial charge in [0, 0.05) is 6.07 Å². The maximum Gasteiger partial charge on any atom is 0.291 e. The maximum absolute atomic E-state index is 12.4. The molecule has 0 spiro atoms. The zero-order valence-corrected chi connectivity index (χ0v) is 15.3. The topological polar surface area (TPSA) is 104 Å². The first-order chi connectivity index (χ1) is 13.5. The van der Waals surface area contributed by atoms with E-state index >= 15 is 0 Å². The Balaban J connectivity index is 1.67. The van der Waals surface area contributed by atoms with Gasteiger partial charge in [-0.15, -0.1) is 0 Å². The van der Waals surface area contributed by atoms with Gasteiger partial charge in [0.1, 0.15) is 23.9 Å². The van der Waals surface area contributed by atoms with Crippen LogP contribution in [0.3, 0.4) is 0 Å².